The van der Waals surface area contributed by atoms with Crippen molar-refractivity contribution in [3.8, 4) is 11.8 Å². The lowest BCUT2D eigenvalue weighted by Gasteiger charge is -2.22. The number of rotatable bonds is 7. The van der Waals surface area contributed by atoms with Crippen molar-refractivity contribution >= 4 is 0 Å². The fourth-order valence-electron chi connectivity index (χ4n) is 1.69. The van der Waals surface area contributed by atoms with E-state index in [1.54, 1.807) is 30.3 Å². The minimum Gasteiger partial charge on any atom is -0.473 e. The first-order chi connectivity index (χ1) is 11.7. The topological polar surface area (TPSA) is 44.2 Å². The zero-order valence-corrected chi connectivity index (χ0v) is 12.5. The standard InChI is InChI=1S/C15H12F6N2O2/c16-13(15(19,20)21)14(17,18)8-25-12-6-11(22-9-23-12)24-7-10-4-2-1-3-5-10/h1-6,9,13H,7-8H2. The van der Waals surface area contributed by atoms with Gasteiger partial charge in [-0.1, -0.05) is 30.3 Å². The molecule has 1 atom stereocenters. The monoisotopic (exact) mass is 366 g/mol. The minimum absolute atomic E-state index is 0.0372. The number of ether oxygens (including phenoxy) is 2. The van der Waals surface area contributed by atoms with Gasteiger partial charge in [-0.15, -0.1) is 0 Å². The van der Waals surface area contributed by atoms with Gasteiger partial charge in [0, 0.05) is 0 Å². The molecule has 0 radical (unpaired) electrons. The molecule has 25 heavy (non-hydrogen) atoms. The van der Waals surface area contributed by atoms with Gasteiger partial charge in [-0.05, 0) is 5.56 Å². The predicted octanol–water partition coefficient (Wildman–Crippen LogP) is 3.97. The van der Waals surface area contributed by atoms with Crippen molar-refractivity contribution in [2.75, 3.05) is 6.61 Å². The van der Waals surface area contributed by atoms with Crippen LogP contribution in [0.3, 0.4) is 0 Å². The van der Waals surface area contributed by atoms with Gasteiger partial charge in [0.25, 0.3) is 6.17 Å². The largest absolute Gasteiger partial charge is 0.473 e. The van der Waals surface area contributed by atoms with E-state index in [0.29, 0.717) is 0 Å². The zero-order chi connectivity index (χ0) is 18.5. The van der Waals surface area contributed by atoms with Crippen molar-refractivity contribution in [3.05, 3.63) is 48.3 Å². The molecule has 0 bridgehead atoms. The second kappa shape index (κ2) is 7.58. The van der Waals surface area contributed by atoms with Gasteiger partial charge < -0.3 is 9.47 Å². The van der Waals surface area contributed by atoms with Crippen LogP contribution >= 0.6 is 0 Å². The number of alkyl halides is 6. The Bertz CT molecular complexity index is 681. The van der Waals surface area contributed by atoms with Crippen molar-refractivity contribution < 1.29 is 35.8 Å². The van der Waals surface area contributed by atoms with Gasteiger partial charge in [-0.3, -0.25) is 0 Å². The normalized spacial score (nSPS) is 13.4. The van der Waals surface area contributed by atoms with Gasteiger partial charge in [0.2, 0.25) is 11.8 Å². The average Bonchev–Trinajstić information content (AvgIpc) is 2.58. The van der Waals surface area contributed by atoms with Crippen molar-refractivity contribution in [2.24, 2.45) is 0 Å². The summed E-state index contributed by atoms with van der Waals surface area (Å²) >= 11 is 0. The molecule has 4 nitrogen and oxygen atoms in total. The molecular weight excluding hydrogens is 354 g/mol. The minimum atomic E-state index is -5.69. The summed E-state index contributed by atoms with van der Waals surface area (Å²) in [5.74, 6) is -5.26. The Kier molecular flexibility index (Phi) is 5.70. The van der Waals surface area contributed by atoms with Crippen LogP contribution in [0.5, 0.6) is 11.8 Å². The molecule has 10 heteroatoms. The van der Waals surface area contributed by atoms with Gasteiger partial charge in [0.15, 0.2) is 6.61 Å². The summed E-state index contributed by atoms with van der Waals surface area (Å²) in [4.78, 5) is 7.19. The number of hydrogen-bond donors (Lipinski definition) is 0. The molecule has 136 valence electrons. The molecule has 0 aliphatic rings. The molecule has 1 heterocycles. The molecule has 0 saturated heterocycles. The first kappa shape index (κ1) is 18.8. The third kappa shape index (κ3) is 5.50. The van der Waals surface area contributed by atoms with Crippen LogP contribution in [-0.4, -0.2) is 34.8 Å². The van der Waals surface area contributed by atoms with Crippen LogP contribution in [0.1, 0.15) is 5.56 Å². The summed E-state index contributed by atoms with van der Waals surface area (Å²) in [6, 6.07) is 9.93. The Morgan fingerprint density at radius 3 is 2.12 bits per heavy atom. The molecule has 0 N–H and O–H groups in total. The van der Waals surface area contributed by atoms with Crippen LogP contribution in [-0.2, 0) is 6.61 Å². The second-order valence-electron chi connectivity index (χ2n) is 4.92. The van der Waals surface area contributed by atoms with E-state index in [9.17, 15) is 26.3 Å². The quantitative estimate of drug-likeness (QED) is 0.696. The van der Waals surface area contributed by atoms with E-state index in [0.717, 1.165) is 18.0 Å². The van der Waals surface area contributed by atoms with Crippen molar-refractivity contribution in [2.45, 2.75) is 24.9 Å². The Labute approximate surface area is 138 Å². The van der Waals surface area contributed by atoms with E-state index in [4.69, 9.17) is 4.74 Å². The van der Waals surface area contributed by atoms with Gasteiger partial charge in [0.1, 0.15) is 12.9 Å². The Hall–Kier alpha value is -2.52. The summed E-state index contributed by atoms with van der Waals surface area (Å²) in [5.41, 5.74) is 0.806. The molecule has 0 amide bonds. The molecule has 2 rings (SSSR count). The van der Waals surface area contributed by atoms with E-state index in [1.165, 1.54) is 0 Å². The van der Waals surface area contributed by atoms with E-state index in [1.807, 2.05) is 0 Å². The Morgan fingerprint density at radius 2 is 1.52 bits per heavy atom. The third-order valence-electron chi connectivity index (χ3n) is 2.92. The summed E-state index contributed by atoms with van der Waals surface area (Å²) in [7, 11) is 0. The highest BCUT2D eigenvalue weighted by atomic mass is 19.4. The molecule has 1 aromatic heterocycles. The maximum absolute atomic E-state index is 13.2. The van der Waals surface area contributed by atoms with Crippen LogP contribution in [0.4, 0.5) is 26.3 Å². The number of aromatic nitrogens is 2. The van der Waals surface area contributed by atoms with E-state index < -0.39 is 30.8 Å². The summed E-state index contributed by atoms with van der Waals surface area (Å²) in [5, 5.41) is 0. The number of benzene rings is 1. The number of halogens is 6. The Morgan fingerprint density at radius 1 is 0.920 bits per heavy atom. The lowest BCUT2D eigenvalue weighted by molar-refractivity contribution is -0.250. The zero-order valence-electron chi connectivity index (χ0n) is 12.5. The molecule has 2 aromatic rings. The van der Waals surface area contributed by atoms with Crippen LogP contribution in [0.2, 0.25) is 0 Å². The fourth-order valence-corrected chi connectivity index (χ4v) is 1.69. The van der Waals surface area contributed by atoms with Gasteiger partial charge in [-0.2, -0.15) is 22.0 Å². The highest BCUT2D eigenvalue weighted by molar-refractivity contribution is 5.20. The van der Waals surface area contributed by atoms with E-state index >= 15 is 0 Å². The first-order valence-electron chi connectivity index (χ1n) is 6.88. The summed E-state index contributed by atoms with van der Waals surface area (Å²) in [6.07, 6.45) is -9.11. The van der Waals surface area contributed by atoms with Crippen LogP contribution in [0, 0.1) is 0 Å². The summed E-state index contributed by atoms with van der Waals surface area (Å²) < 4.78 is 85.0. The van der Waals surface area contributed by atoms with E-state index in [2.05, 4.69) is 14.7 Å². The maximum atomic E-state index is 13.2. The number of hydrogen-bond acceptors (Lipinski definition) is 4. The molecular formula is C15H12F6N2O2. The Balaban J connectivity index is 1.95. The second-order valence-corrected chi connectivity index (χ2v) is 4.92. The lowest BCUT2D eigenvalue weighted by atomic mass is 10.2. The smallest absolute Gasteiger partial charge is 0.425 e. The number of nitrogens with zero attached hydrogens (tertiary/aromatic N) is 2. The van der Waals surface area contributed by atoms with E-state index in [-0.39, 0.29) is 12.5 Å². The average molecular weight is 366 g/mol. The highest BCUT2D eigenvalue weighted by Gasteiger charge is 2.57. The molecule has 0 spiro atoms. The lowest BCUT2D eigenvalue weighted by Crippen LogP contribution is -2.45. The predicted molar refractivity (Wildman–Crippen MR) is 74.2 cm³/mol. The maximum Gasteiger partial charge on any atom is 0.425 e. The van der Waals surface area contributed by atoms with Gasteiger partial charge in [-0.25, -0.2) is 14.4 Å². The molecule has 1 unspecified atom stereocenters. The van der Waals surface area contributed by atoms with Gasteiger partial charge in [0.05, 0.1) is 6.07 Å². The van der Waals surface area contributed by atoms with Crippen LogP contribution in [0.15, 0.2) is 42.7 Å². The molecule has 1 aromatic carbocycles. The molecule has 0 fully saturated rings. The third-order valence-corrected chi connectivity index (χ3v) is 2.92. The molecule has 0 saturated carbocycles. The molecule has 0 aliphatic carbocycles. The van der Waals surface area contributed by atoms with Crippen molar-refractivity contribution in [1.82, 2.24) is 9.97 Å². The molecule has 0 aliphatic heterocycles. The SMILES string of the molecule is FC(C(F)(F)F)C(F)(F)COc1cc(OCc2ccccc2)ncn1. The van der Waals surface area contributed by atoms with Crippen LogP contribution in [0.25, 0.3) is 0 Å². The highest BCUT2D eigenvalue weighted by Crippen LogP contribution is 2.35. The summed E-state index contributed by atoms with van der Waals surface area (Å²) in [6.45, 7) is -1.71. The van der Waals surface area contributed by atoms with Crippen molar-refractivity contribution in [3.63, 3.8) is 0 Å². The van der Waals surface area contributed by atoms with Gasteiger partial charge >= 0.3 is 12.1 Å². The van der Waals surface area contributed by atoms with Crippen molar-refractivity contribution in [1.29, 1.82) is 0 Å². The fraction of sp³-hybridized carbons (Fsp3) is 0.333. The first-order valence-corrected chi connectivity index (χ1v) is 6.88. The van der Waals surface area contributed by atoms with Crippen LogP contribution < -0.4 is 9.47 Å².